The van der Waals surface area contributed by atoms with Gasteiger partial charge in [0.2, 0.25) is 0 Å². The number of aromatic nitrogens is 1. The highest BCUT2D eigenvalue weighted by molar-refractivity contribution is 5.77. The Bertz CT molecular complexity index is 735. The molecule has 0 aliphatic rings. The fourth-order valence-corrected chi connectivity index (χ4v) is 2.31. The Hall–Kier alpha value is -2.77. The SMILES string of the molecule is CCC(CN=C(N)NCCc1ccccn1)Oc1cccc(C(F)(F)F)c1. The standard InChI is InChI=1S/C19H23F3N4O/c1-2-16(27-17-8-5-6-14(12-17)19(20,21)22)13-26-18(23)25-11-9-15-7-3-4-10-24-15/h3-8,10,12,16H,2,9,11,13H2,1H3,(H3,23,25,26). The third kappa shape index (κ3) is 7.16. The Morgan fingerprint density at radius 2 is 2.07 bits per heavy atom. The average molecular weight is 380 g/mol. The maximum absolute atomic E-state index is 12.8. The van der Waals surface area contributed by atoms with Crippen LogP contribution < -0.4 is 15.8 Å². The van der Waals surface area contributed by atoms with E-state index < -0.39 is 11.7 Å². The van der Waals surface area contributed by atoms with Gasteiger partial charge in [-0.15, -0.1) is 0 Å². The molecular formula is C19H23F3N4O. The Balaban J connectivity index is 1.84. The molecule has 3 N–H and O–H groups in total. The zero-order valence-corrected chi connectivity index (χ0v) is 15.0. The van der Waals surface area contributed by atoms with Crippen LogP contribution in [0.3, 0.4) is 0 Å². The third-order valence-corrected chi connectivity index (χ3v) is 3.80. The second-order valence-corrected chi connectivity index (χ2v) is 5.90. The van der Waals surface area contributed by atoms with Gasteiger partial charge in [0.25, 0.3) is 0 Å². The lowest BCUT2D eigenvalue weighted by atomic mass is 10.2. The van der Waals surface area contributed by atoms with Crippen molar-refractivity contribution >= 4 is 5.96 Å². The molecule has 0 saturated carbocycles. The van der Waals surface area contributed by atoms with E-state index in [-0.39, 0.29) is 24.4 Å². The smallest absolute Gasteiger partial charge is 0.416 e. The summed E-state index contributed by atoms with van der Waals surface area (Å²) in [5, 5.41) is 2.99. The van der Waals surface area contributed by atoms with Crippen molar-refractivity contribution in [3.05, 3.63) is 59.9 Å². The third-order valence-electron chi connectivity index (χ3n) is 3.80. The first-order chi connectivity index (χ1) is 12.9. The van der Waals surface area contributed by atoms with Crippen LogP contribution in [-0.2, 0) is 12.6 Å². The van der Waals surface area contributed by atoms with E-state index in [1.54, 1.807) is 6.20 Å². The zero-order valence-electron chi connectivity index (χ0n) is 15.0. The van der Waals surface area contributed by atoms with Gasteiger partial charge in [0.15, 0.2) is 5.96 Å². The lowest BCUT2D eigenvalue weighted by molar-refractivity contribution is -0.137. The van der Waals surface area contributed by atoms with Crippen molar-refractivity contribution < 1.29 is 17.9 Å². The van der Waals surface area contributed by atoms with E-state index >= 15 is 0 Å². The van der Waals surface area contributed by atoms with Crippen molar-refractivity contribution in [1.82, 2.24) is 10.3 Å². The molecule has 0 bridgehead atoms. The van der Waals surface area contributed by atoms with Crippen molar-refractivity contribution in [2.24, 2.45) is 10.7 Å². The van der Waals surface area contributed by atoms with Gasteiger partial charge in [0, 0.05) is 24.9 Å². The second kappa shape index (κ2) is 9.80. The minimum Gasteiger partial charge on any atom is -0.488 e. The van der Waals surface area contributed by atoms with Gasteiger partial charge in [-0.05, 0) is 36.8 Å². The van der Waals surface area contributed by atoms with Crippen LogP contribution in [0.25, 0.3) is 0 Å². The molecule has 8 heteroatoms. The van der Waals surface area contributed by atoms with Gasteiger partial charge in [-0.2, -0.15) is 13.2 Å². The number of ether oxygens (including phenoxy) is 1. The van der Waals surface area contributed by atoms with Crippen LogP contribution in [-0.4, -0.2) is 30.1 Å². The van der Waals surface area contributed by atoms with Crippen LogP contribution in [0.2, 0.25) is 0 Å². The number of rotatable bonds is 8. The normalized spacial score (nSPS) is 13.3. The van der Waals surface area contributed by atoms with Crippen LogP contribution in [0.5, 0.6) is 5.75 Å². The summed E-state index contributed by atoms with van der Waals surface area (Å²) in [6.45, 7) is 2.70. The predicted molar refractivity (Wildman–Crippen MR) is 98.6 cm³/mol. The molecule has 1 unspecified atom stereocenters. The molecule has 27 heavy (non-hydrogen) atoms. The number of hydrogen-bond donors (Lipinski definition) is 2. The largest absolute Gasteiger partial charge is 0.488 e. The van der Waals surface area contributed by atoms with Crippen molar-refractivity contribution in [3.63, 3.8) is 0 Å². The topological polar surface area (TPSA) is 72.5 Å². The van der Waals surface area contributed by atoms with Gasteiger partial charge in [0.05, 0.1) is 12.1 Å². The number of aliphatic imine (C=N–C) groups is 1. The van der Waals surface area contributed by atoms with E-state index in [9.17, 15) is 13.2 Å². The highest BCUT2D eigenvalue weighted by atomic mass is 19.4. The molecule has 2 aromatic rings. The molecule has 0 aliphatic carbocycles. The molecule has 0 saturated heterocycles. The molecule has 0 amide bonds. The first-order valence-corrected chi connectivity index (χ1v) is 8.66. The molecule has 1 aromatic heterocycles. The quantitative estimate of drug-likeness (QED) is 0.544. The fraction of sp³-hybridized carbons (Fsp3) is 0.368. The van der Waals surface area contributed by atoms with E-state index in [4.69, 9.17) is 10.5 Å². The van der Waals surface area contributed by atoms with Gasteiger partial charge in [-0.1, -0.05) is 19.1 Å². The van der Waals surface area contributed by atoms with Crippen molar-refractivity contribution in [2.45, 2.75) is 32.0 Å². The minimum atomic E-state index is -4.40. The predicted octanol–water partition coefficient (Wildman–Crippen LogP) is 3.40. The summed E-state index contributed by atoms with van der Waals surface area (Å²) in [5.41, 5.74) is 6.03. The number of hydrogen-bond acceptors (Lipinski definition) is 3. The first kappa shape index (κ1) is 20.5. The number of benzene rings is 1. The molecule has 0 aliphatic heterocycles. The molecule has 1 aromatic carbocycles. The zero-order chi connectivity index (χ0) is 19.7. The summed E-state index contributed by atoms with van der Waals surface area (Å²) in [4.78, 5) is 8.42. The number of nitrogens with two attached hydrogens (primary N) is 1. The second-order valence-electron chi connectivity index (χ2n) is 5.90. The van der Waals surface area contributed by atoms with Crippen molar-refractivity contribution in [1.29, 1.82) is 0 Å². The Morgan fingerprint density at radius 3 is 2.74 bits per heavy atom. The average Bonchev–Trinajstić information content (AvgIpc) is 2.65. The Morgan fingerprint density at radius 1 is 1.26 bits per heavy atom. The number of nitrogens with one attached hydrogen (secondary N) is 1. The molecule has 2 rings (SSSR count). The van der Waals surface area contributed by atoms with E-state index in [2.05, 4.69) is 15.3 Å². The van der Waals surface area contributed by atoms with Gasteiger partial charge in [-0.25, -0.2) is 4.99 Å². The van der Waals surface area contributed by atoms with Gasteiger partial charge in [-0.3, -0.25) is 4.98 Å². The summed E-state index contributed by atoms with van der Waals surface area (Å²) in [6.07, 6.45) is -1.76. The van der Waals surface area contributed by atoms with Gasteiger partial charge >= 0.3 is 6.18 Å². The monoisotopic (exact) mass is 380 g/mol. The molecule has 0 radical (unpaired) electrons. The number of halogens is 3. The van der Waals surface area contributed by atoms with E-state index in [0.717, 1.165) is 17.8 Å². The molecular weight excluding hydrogens is 357 g/mol. The molecule has 146 valence electrons. The van der Waals surface area contributed by atoms with Crippen LogP contribution in [0.4, 0.5) is 13.2 Å². The van der Waals surface area contributed by atoms with E-state index in [1.165, 1.54) is 12.1 Å². The Kier molecular flexibility index (Phi) is 7.45. The fourth-order valence-electron chi connectivity index (χ4n) is 2.31. The van der Waals surface area contributed by atoms with Crippen LogP contribution >= 0.6 is 0 Å². The van der Waals surface area contributed by atoms with Crippen LogP contribution in [0.15, 0.2) is 53.7 Å². The Labute approximate surface area is 156 Å². The minimum absolute atomic E-state index is 0.161. The lowest BCUT2D eigenvalue weighted by Gasteiger charge is -2.17. The van der Waals surface area contributed by atoms with Gasteiger partial charge in [0.1, 0.15) is 11.9 Å². The summed E-state index contributed by atoms with van der Waals surface area (Å²) < 4.78 is 43.9. The summed E-state index contributed by atoms with van der Waals surface area (Å²) in [7, 11) is 0. The molecule has 0 spiro atoms. The molecule has 5 nitrogen and oxygen atoms in total. The van der Waals surface area contributed by atoms with Gasteiger partial charge < -0.3 is 15.8 Å². The first-order valence-electron chi connectivity index (χ1n) is 8.66. The van der Waals surface area contributed by atoms with Crippen LogP contribution in [0, 0.1) is 0 Å². The maximum atomic E-state index is 12.8. The summed E-state index contributed by atoms with van der Waals surface area (Å²) in [6, 6.07) is 10.5. The van der Waals surface area contributed by atoms with Crippen molar-refractivity contribution in [2.75, 3.05) is 13.1 Å². The van der Waals surface area contributed by atoms with Crippen LogP contribution in [0.1, 0.15) is 24.6 Å². The number of alkyl halides is 3. The number of guanidine groups is 1. The molecule has 1 atom stereocenters. The summed E-state index contributed by atoms with van der Waals surface area (Å²) >= 11 is 0. The maximum Gasteiger partial charge on any atom is 0.416 e. The number of nitrogens with zero attached hydrogens (tertiary/aromatic N) is 2. The van der Waals surface area contributed by atoms with E-state index in [1.807, 2.05) is 25.1 Å². The highest BCUT2D eigenvalue weighted by Gasteiger charge is 2.30. The number of pyridine rings is 1. The highest BCUT2D eigenvalue weighted by Crippen LogP contribution is 2.31. The van der Waals surface area contributed by atoms with E-state index in [0.29, 0.717) is 19.4 Å². The lowest BCUT2D eigenvalue weighted by Crippen LogP contribution is -2.34. The van der Waals surface area contributed by atoms with Crippen molar-refractivity contribution in [3.8, 4) is 5.75 Å². The molecule has 1 heterocycles. The summed E-state index contributed by atoms with van der Waals surface area (Å²) in [5.74, 6) is 0.422. The molecule has 0 fully saturated rings.